The Morgan fingerprint density at radius 3 is 1.18 bits per heavy atom. The van der Waals surface area contributed by atoms with Gasteiger partial charge in [-0.05, 0) is 0 Å². The molecule has 0 amide bonds. The molecule has 69 valence electrons. The van der Waals surface area contributed by atoms with Crippen LogP contribution < -0.4 is 0 Å². The first-order chi connectivity index (χ1) is 4.46. The molecule has 0 fully saturated rings. The van der Waals surface area contributed by atoms with Gasteiger partial charge in [-0.3, -0.25) is 0 Å². The van der Waals surface area contributed by atoms with Crippen LogP contribution in [-0.2, 0) is 32.0 Å². The summed E-state index contributed by atoms with van der Waals surface area (Å²) in [7, 11) is 0. The Morgan fingerprint density at radius 1 is 0.909 bits per heavy atom. The summed E-state index contributed by atoms with van der Waals surface area (Å²) in [4.78, 5) is 19.5. The molecule has 0 bridgehead atoms. The summed E-state index contributed by atoms with van der Waals surface area (Å²) >= 11 is 0. The summed E-state index contributed by atoms with van der Waals surface area (Å²) in [6, 6.07) is 0. The molecule has 0 aromatic rings. The van der Waals surface area contributed by atoms with Crippen molar-refractivity contribution < 1.29 is 52.4 Å². The molecule has 0 saturated carbocycles. The van der Waals surface area contributed by atoms with E-state index in [0.717, 1.165) is 0 Å². The molecule has 1 radical (unpaired) electrons. The van der Waals surface area contributed by atoms with Crippen LogP contribution in [0.4, 0.5) is 0 Å². The van der Waals surface area contributed by atoms with Crippen LogP contribution in [0.3, 0.4) is 0 Å². The largest absolute Gasteiger partial charge is 0.479 e. The summed E-state index contributed by atoms with van der Waals surface area (Å²) in [5, 5.41) is 32.5. The average molecular weight is 258 g/mol. The molecule has 0 aliphatic heterocycles. The van der Waals surface area contributed by atoms with E-state index in [0.29, 0.717) is 0 Å². The van der Waals surface area contributed by atoms with Crippen LogP contribution in [0.2, 0.25) is 0 Å². The first-order valence-corrected chi connectivity index (χ1v) is 2.28. The van der Waals surface area contributed by atoms with E-state index in [4.69, 9.17) is 20.4 Å². The van der Waals surface area contributed by atoms with Gasteiger partial charge in [-0.1, -0.05) is 0 Å². The maximum Gasteiger partial charge on any atom is 0.335 e. The first kappa shape index (κ1) is 13.2. The second-order valence-corrected chi connectivity index (χ2v) is 1.57. The normalized spacial score (nSPS) is 14.4. The number of aliphatic hydroxyl groups excluding tert-OH is 2. The van der Waals surface area contributed by atoms with Crippen molar-refractivity contribution in [1.82, 2.24) is 0 Å². The molecule has 0 saturated heterocycles. The third-order valence-corrected chi connectivity index (χ3v) is 0.805. The molecule has 0 aliphatic rings. The number of hydrogen-bond acceptors (Lipinski definition) is 4. The van der Waals surface area contributed by atoms with E-state index in [1.54, 1.807) is 0 Å². The summed E-state index contributed by atoms with van der Waals surface area (Å²) in [6.45, 7) is 0. The summed E-state index contributed by atoms with van der Waals surface area (Å²) in [5.41, 5.74) is 0. The Morgan fingerprint density at radius 2 is 1.09 bits per heavy atom. The molecular weight excluding hydrogens is 252 g/mol. The van der Waals surface area contributed by atoms with Crippen molar-refractivity contribution in [2.24, 2.45) is 0 Å². The molecule has 11 heavy (non-hydrogen) atoms. The van der Waals surface area contributed by atoms with Crippen molar-refractivity contribution in [3.8, 4) is 0 Å². The van der Waals surface area contributed by atoms with E-state index < -0.39 is 24.1 Å². The topological polar surface area (TPSA) is 115 Å². The second-order valence-electron chi connectivity index (χ2n) is 1.57. The minimum absolute atomic E-state index is 0. The molecule has 4 N–H and O–H groups in total. The fourth-order valence-corrected chi connectivity index (χ4v) is 0.270. The standard InChI is InChI=1S/C4H6O6.Ag/c5-1(3(7)8)2(6)4(9)10;/h1-2,5-6H,(H,7,8)(H,9,10);. The number of carbonyl (C=O) groups is 2. The van der Waals surface area contributed by atoms with Crippen LogP contribution in [0, 0.1) is 0 Å². The SMILES string of the molecule is O=C(O)C(O)C(O)C(=O)O.[Ag]. The number of carboxylic acid groups (broad SMARTS) is 2. The van der Waals surface area contributed by atoms with Crippen molar-refractivity contribution >= 4 is 11.9 Å². The van der Waals surface area contributed by atoms with Crippen LogP contribution in [0.15, 0.2) is 0 Å². The third-order valence-electron chi connectivity index (χ3n) is 0.805. The van der Waals surface area contributed by atoms with E-state index in [1.807, 2.05) is 0 Å². The molecule has 0 aliphatic carbocycles. The fourth-order valence-electron chi connectivity index (χ4n) is 0.270. The van der Waals surface area contributed by atoms with E-state index in [-0.39, 0.29) is 22.4 Å². The van der Waals surface area contributed by atoms with Crippen molar-refractivity contribution in [3.05, 3.63) is 0 Å². The van der Waals surface area contributed by atoms with E-state index in [2.05, 4.69) is 0 Å². The van der Waals surface area contributed by atoms with Gasteiger partial charge in [-0.25, -0.2) is 9.59 Å². The molecule has 0 aromatic heterocycles. The van der Waals surface area contributed by atoms with Crippen LogP contribution in [0.5, 0.6) is 0 Å². The third kappa shape index (κ3) is 4.12. The minimum Gasteiger partial charge on any atom is -0.479 e. The number of hydrogen-bond donors (Lipinski definition) is 4. The smallest absolute Gasteiger partial charge is 0.335 e. The van der Waals surface area contributed by atoms with E-state index in [1.165, 1.54) is 0 Å². The van der Waals surface area contributed by atoms with Crippen molar-refractivity contribution in [2.45, 2.75) is 12.2 Å². The van der Waals surface area contributed by atoms with Gasteiger partial charge in [0.15, 0.2) is 12.2 Å². The predicted molar refractivity (Wildman–Crippen MR) is 27.3 cm³/mol. The molecule has 0 spiro atoms. The molecule has 7 heteroatoms. The molecule has 0 rings (SSSR count). The zero-order chi connectivity index (χ0) is 8.31. The average Bonchev–Trinajstić information content (AvgIpc) is 1.84. The van der Waals surface area contributed by atoms with Crippen LogP contribution in [-0.4, -0.2) is 44.6 Å². The molecular formula is C4H6AgO6. The van der Waals surface area contributed by atoms with Gasteiger partial charge in [0.05, 0.1) is 0 Å². The Kier molecular flexibility index (Phi) is 6.34. The van der Waals surface area contributed by atoms with Gasteiger partial charge in [-0.2, -0.15) is 0 Å². The Labute approximate surface area is 77.0 Å². The summed E-state index contributed by atoms with van der Waals surface area (Å²) in [6.07, 6.45) is -4.53. The van der Waals surface area contributed by atoms with Crippen molar-refractivity contribution in [1.29, 1.82) is 0 Å². The van der Waals surface area contributed by atoms with Gasteiger partial charge in [0, 0.05) is 22.4 Å². The zero-order valence-electron chi connectivity index (χ0n) is 5.06. The van der Waals surface area contributed by atoms with Crippen molar-refractivity contribution in [3.63, 3.8) is 0 Å². The first-order valence-electron chi connectivity index (χ1n) is 2.28. The maximum atomic E-state index is 9.77. The number of carboxylic acids is 2. The Hall–Kier alpha value is -0.400. The van der Waals surface area contributed by atoms with Gasteiger partial charge in [0.2, 0.25) is 0 Å². The monoisotopic (exact) mass is 257 g/mol. The van der Waals surface area contributed by atoms with Gasteiger partial charge in [0.1, 0.15) is 0 Å². The molecule has 6 nitrogen and oxygen atoms in total. The molecule has 2 atom stereocenters. The zero-order valence-corrected chi connectivity index (χ0v) is 6.54. The van der Waals surface area contributed by atoms with Gasteiger partial charge >= 0.3 is 11.9 Å². The van der Waals surface area contributed by atoms with Crippen LogP contribution >= 0.6 is 0 Å². The van der Waals surface area contributed by atoms with Crippen molar-refractivity contribution in [2.75, 3.05) is 0 Å². The van der Waals surface area contributed by atoms with Crippen LogP contribution in [0.1, 0.15) is 0 Å². The van der Waals surface area contributed by atoms with Gasteiger partial charge < -0.3 is 20.4 Å². The summed E-state index contributed by atoms with van der Waals surface area (Å²) < 4.78 is 0. The minimum atomic E-state index is -2.27. The fraction of sp³-hybridized carbons (Fsp3) is 0.500. The Bertz CT molecular complexity index is 139. The number of rotatable bonds is 3. The number of aliphatic hydroxyl groups is 2. The molecule has 0 heterocycles. The number of aliphatic carboxylic acids is 2. The second kappa shape index (κ2) is 5.28. The van der Waals surface area contributed by atoms with Gasteiger partial charge in [-0.15, -0.1) is 0 Å². The van der Waals surface area contributed by atoms with Crippen LogP contribution in [0.25, 0.3) is 0 Å². The molecule has 2 unspecified atom stereocenters. The maximum absolute atomic E-state index is 9.77. The quantitative estimate of drug-likeness (QED) is 0.430. The van der Waals surface area contributed by atoms with Gasteiger partial charge in [0.25, 0.3) is 0 Å². The summed E-state index contributed by atoms with van der Waals surface area (Å²) in [5.74, 6) is -3.54. The van der Waals surface area contributed by atoms with E-state index in [9.17, 15) is 9.59 Å². The molecule has 0 aromatic carbocycles. The van der Waals surface area contributed by atoms with E-state index >= 15 is 0 Å². The predicted octanol–water partition coefficient (Wildman–Crippen LogP) is -2.13. The Balaban J connectivity index is 0.